The van der Waals surface area contributed by atoms with Gasteiger partial charge in [0.05, 0.1) is 27.5 Å². The van der Waals surface area contributed by atoms with E-state index >= 15 is 0 Å². The maximum absolute atomic E-state index is 10.00. The van der Waals surface area contributed by atoms with E-state index in [-0.39, 0.29) is 10.5 Å². The first-order valence-electron chi connectivity index (χ1n) is 7.99. The summed E-state index contributed by atoms with van der Waals surface area (Å²) >= 11 is 8.66. The van der Waals surface area contributed by atoms with Gasteiger partial charge in [0.25, 0.3) is 0 Å². The molecule has 1 aromatic heterocycles. The Bertz CT molecular complexity index is 1070. The first kappa shape index (κ1) is 19.9. The Hall–Kier alpha value is -2.85. The van der Waals surface area contributed by atoms with Gasteiger partial charge in [-0.15, -0.1) is 0 Å². The van der Waals surface area contributed by atoms with E-state index in [4.69, 9.17) is 26.4 Å². The number of benzene rings is 2. The van der Waals surface area contributed by atoms with Gasteiger partial charge < -0.3 is 19.3 Å². The third kappa shape index (κ3) is 3.87. The Morgan fingerprint density at radius 2 is 1.82 bits per heavy atom. The number of aromatic amines is 1. The van der Waals surface area contributed by atoms with E-state index in [1.807, 2.05) is 0 Å². The minimum absolute atomic E-state index is 0.0938. The molecule has 0 unspecified atom stereocenters. The Kier molecular flexibility index (Phi) is 6.00. The highest BCUT2D eigenvalue weighted by Gasteiger charge is 2.17. The van der Waals surface area contributed by atoms with E-state index in [0.717, 1.165) is 4.47 Å². The molecule has 3 aromatic rings. The summed E-state index contributed by atoms with van der Waals surface area (Å²) in [6.45, 7) is 0. The van der Waals surface area contributed by atoms with Crippen molar-refractivity contribution in [2.75, 3.05) is 21.3 Å². The van der Waals surface area contributed by atoms with Crippen molar-refractivity contribution in [3.63, 3.8) is 0 Å². The molecule has 3 rings (SSSR count). The van der Waals surface area contributed by atoms with Crippen LogP contribution < -0.4 is 14.2 Å². The van der Waals surface area contributed by atoms with Crippen LogP contribution in [0.1, 0.15) is 5.56 Å². The van der Waals surface area contributed by atoms with E-state index in [9.17, 15) is 5.11 Å². The summed E-state index contributed by atoms with van der Waals surface area (Å²) in [4.78, 5) is 0. The Morgan fingerprint density at radius 1 is 1.14 bits per heavy atom. The number of nitrogens with one attached hydrogen (secondary N) is 1. The van der Waals surface area contributed by atoms with Crippen molar-refractivity contribution in [2.45, 2.75) is 0 Å². The molecule has 0 saturated heterocycles. The van der Waals surface area contributed by atoms with E-state index in [1.165, 1.54) is 32.2 Å². The highest BCUT2D eigenvalue weighted by molar-refractivity contribution is 9.10. The van der Waals surface area contributed by atoms with Gasteiger partial charge in [-0.1, -0.05) is 15.9 Å². The molecule has 0 amide bonds. The average molecular weight is 465 g/mol. The molecule has 0 fully saturated rings. The van der Waals surface area contributed by atoms with Crippen LogP contribution in [0.25, 0.3) is 11.4 Å². The molecular weight excluding hydrogens is 448 g/mol. The highest BCUT2D eigenvalue weighted by Crippen LogP contribution is 2.40. The number of phenols is 1. The summed E-state index contributed by atoms with van der Waals surface area (Å²) in [7, 11) is 4.60. The number of aromatic hydroxyl groups is 1. The van der Waals surface area contributed by atoms with Crippen molar-refractivity contribution in [3.05, 3.63) is 45.1 Å². The van der Waals surface area contributed by atoms with Crippen molar-refractivity contribution in [2.24, 2.45) is 5.10 Å². The molecule has 10 heteroatoms. The lowest BCUT2D eigenvalue weighted by Crippen LogP contribution is -1.99. The summed E-state index contributed by atoms with van der Waals surface area (Å²) in [5.41, 5.74) is 1.17. The Labute approximate surface area is 174 Å². The van der Waals surface area contributed by atoms with Gasteiger partial charge in [-0.2, -0.15) is 14.9 Å². The predicted molar refractivity (Wildman–Crippen MR) is 111 cm³/mol. The minimum Gasteiger partial charge on any atom is -0.507 e. The van der Waals surface area contributed by atoms with Crippen LogP contribution in [-0.4, -0.2) is 47.5 Å². The number of phenolic OH excluding ortho intramolecular Hbond substituents is 1. The lowest BCUT2D eigenvalue weighted by Gasteiger charge is -2.13. The van der Waals surface area contributed by atoms with E-state index < -0.39 is 0 Å². The number of methoxy groups -OCH3 is 3. The van der Waals surface area contributed by atoms with Crippen LogP contribution in [0.4, 0.5) is 0 Å². The van der Waals surface area contributed by atoms with Gasteiger partial charge in [0.1, 0.15) is 5.75 Å². The molecule has 8 nitrogen and oxygen atoms in total. The fraction of sp³-hybridized carbons (Fsp3) is 0.167. The van der Waals surface area contributed by atoms with E-state index in [2.05, 4.69) is 31.2 Å². The Morgan fingerprint density at radius 3 is 2.43 bits per heavy atom. The molecule has 0 aliphatic heterocycles. The minimum atomic E-state index is 0.0938. The second-order valence-electron chi connectivity index (χ2n) is 5.53. The molecule has 2 N–H and O–H groups in total. The summed E-state index contributed by atoms with van der Waals surface area (Å²) in [5.74, 6) is 1.96. The number of aromatic nitrogens is 3. The maximum Gasteiger partial charge on any atom is 0.216 e. The molecule has 0 aliphatic rings. The van der Waals surface area contributed by atoms with Crippen molar-refractivity contribution in [3.8, 4) is 34.4 Å². The van der Waals surface area contributed by atoms with Gasteiger partial charge >= 0.3 is 0 Å². The zero-order valence-electron chi connectivity index (χ0n) is 15.3. The molecule has 146 valence electrons. The normalized spacial score (nSPS) is 11.0. The molecule has 0 saturated carbocycles. The standard InChI is InChI=1S/C18H17BrN4O4S/c1-25-14-7-10(8-15(26-2)16(14)27-3)17-21-22-18(28)23(17)20-9-11-6-12(19)4-5-13(11)24/h4-9,24H,1-3H3,(H,22,28). The molecule has 0 aliphatic carbocycles. The molecule has 2 aromatic carbocycles. The summed E-state index contributed by atoms with van der Waals surface area (Å²) < 4.78 is 18.7. The summed E-state index contributed by atoms with van der Waals surface area (Å²) in [6.07, 6.45) is 1.49. The zero-order valence-corrected chi connectivity index (χ0v) is 17.7. The smallest absolute Gasteiger partial charge is 0.216 e. The lowest BCUT2D eigenvalue weighted by molar-refractivity contribution is 0.324. The quantitative estimate of drug-likeness (QED) is 0.423. The van der Waals surface area contributed by atoms with E-state index in [0.29, 0.717) is 34.2 Å². The number of rotatable bonds is 6. The monoisotopic (exact) mass is 464 g/mol. The second-order valence-corrected chi connectivity index (χ2v) is 6.83. The molecule has 28 heavy (non-hydrogen) atoms. The largest absolute Gasteiger partial charge is 0.507 e. The molecule has 0 atom stereocenters. The lowest BCUT2D eigenvalue weighted by atomic mass is 10.1. The molecule has 0 radical (unpaired) electrons. The third-order valence-electron chi connectivity index (χ3n) is 3.88. The number of ether oxygens (including phenoxy) is 3. The second kappa shape index (κ2) is 8.44. The Balaban J connectivity index is 2.10. The van der Waals surface area contributed by atoms with Crippen molar-refractivity contribution in [1.29, 1.82) is 0 Å². The van der Waals surface area contributed by atoms with Gasteiger partial charge in [0.2, 0.25) is 10.5 Å². The van der Waals surface area contributed by atoms with Crippen LogP contribution in [0.5, 0.6) is 23.0 Å². The topological polar surface area (TPSA) is 93.9 Å². The molecule has 1 heterocycles. The molecular formula is C18H17BrN4O4S. The number of H-pyrrole nitrogens is 1. The van der Waals surface area contributed by atoms with Crippen molar-refractivity contribution < 1.29 is 19.3 Å². The van der Waals surface area contributed by atoms with Gasteiger partial charge in [-0.25, -0.2) is 5.10 Å². The van der Waals surface area contributed by atoms with E-state index in [1.54, 1.807) is 30.3 Å². The number of nitrogens with zero attached hydrogens (tertiary/aromatic N) is 3. The number of hydrogen-bond acceptors (Lipinski definition) is 7. The van der Waals surface area contributed by atoms with Crippen molar-refractivity contribution in [1.82, 2.24) is 14.9 Å². The molecule has 0 bridgehead atoms. The SMILES string of the molecule is COc1cc(-c2n[nH]c(=S)n2N=Cc2cc(Br)ccc2O)cc(OC)c1OC. The van der Waals surface area contributed by atoms with Crippen molar-refractivity contribution >= 4 is 34.4 Å². The fourth-order valence-corrected chi connectivity index (χ4v) is 3.10. The zero-order chi connectivity index (χ0) is 20.3. The predicted octanol–water partition coefficient (Wildman–Crippen LogP) is 3.98. The van der Waals surface area contributed by atoms with Crippen LogP contribution in [0.15, 0.2) is 39.9 Å². The van der Waals surface area contributed by atoms with Crippen LogP contribution in [0.2, 0.25) is 0 Å². The fourth-order valence-electron chi connectivity index (χ4n) is 2.54. The van der Waals surface area contributed by atoms with Crippen LogP contribution >= 0.6 is 28.1 Å². The number of hydrogen-bond donors (Lipinski definition) is 2. The third-order valence-corrected chi connectivity index (χ3v) is 4.63. The van der Waals surface area contributed by atoms with Gasteiger partial charge in [-0.3, -0.25) is 0 Å². The van der Waals surface area contributed by atoms with Crippen LogP contribution in [0, 0.1) is 4.77 Å². The van der Waals surface area contributed by atoms with Crippen LogP contribution in [-0.2, 0) is 0 Å². The number of halogens is 1. The first-order chi connectivity index (χ1) is 13.5. The molecule has 0 spiro atoms. The van der Waals surface area contributed by atoms with Gasteiger partial charge in [0.15, 0.2) is 17.3 Å². The first-order valence-corrected chi connectivity index (χ1v) is 9.19. The van der Waals surface area contributed by atoms with Gasteiger partial charge in [-0.05, 0) is 42.5 Å². The highest BCUT2D eigenvalue weighted by atomic mass is 79.9. The summed E-state index contributed by atoms with van der Waals surface area (Å²) in [6, 6.07) is 8.53. The average Bonchev–Trinajstić information content (AvgIpc) is 3.07. The maximum atomic E-state index is 10.00. The summed E-state index contributed by atoms with van der Waals surface area (Å²) in [5, 5.41) is 21.3. The van der Waals surface area contributed by atoms with Crippen LogP contribution in [0.3, 0.4) is 0 Å². The van der Waals surface area contributed by atoms with Gasteiger partial charge in [0, 0.05) is 15.6 Å².